The minimum Gasteiger partial charge on any atom is -0.354 e. The van der Waals surface area contributed by atoms with Crippen LogP contribution in [0.3, 0.4) is 0 Å². The lowest BCUT2D eigenvalue weighted by atomic mass is 9.93. The molecule has 1 aliphatic rings. The Balaban J connectivity index is 0.00000420. The lowest BCUT2D eigenvalue weighted by molar-refractivity contribution is -0.136. The van der Waals surface area contributed by atoms with Crippen LogP contribution in [0.15, 0.2) is 10.4 Å². The zero-order chi connectivity index (χ0) is 20.7. The zero-order valence-corrected chi connectivity index (χ0v) is 21.9. The first-order valence-electron chi connectivity index (χ1n) is 10.5. The molecule has 0 aromatic carbocycles. The number of halogens is 1. The van der Waals surface area contributed by atoms with Crippen molar-refractivity contribution in [2.75, 3.05) is 20.1 Å². The van der Waals surface area contributed by atoms with Gasteiger partial charge in [-0.05, 0) is 25.7 Å². The molecule has 166 valence electrons. The first-order valence-corrected chi connectivity index (χ1v) is 11.4. The standard InChI is InChI=1S/C21H37N5OS.HI/c1-7-15(8-2)19(27)26-11-9-16(10-12-26)24-20(22-6)23-13-18-25-17(14-28-18)21(3,4)5;/h14-16H,7-13H2,1-6H3,(H2,22,23,24);1H. The molecule has 1 amide bonds. The molecular formula is C21H38IN5OS. The van der Waals surface area contributed by atoms with E-state index in [4.69, 9.17) is 4.98 Å². The van der Waals surface area contributed by atoms with Crippen LogP contribution in [-0.2, 0) is 16.8 Å². The van der Waals surface area contributed by atoms with E-state index in [2.05, 4.69) is 55.6 Å². The number of hydrogen-bond acceptors (Lipinski definition) is 4. The molecule has 1 fully saturated rings. The Morgan fingerprint density at radius 2 is 1.93 bits per heavy atom. The number of likely N-dealkylation sites (tertiary alicyclic amines) is 1. The molecule has 0 aliphatic carbocycles. The third kappa shape index (κ3) is 7.70. The molecule has 0 unspecified atom stereocenters. The van der Waals surface area contributed by atoms with Gasteiger partial charge in [-0.25, -0.2) is 4.98 Å². The molecule has 0 atom stereocenters. The summed E-state index contributed by atoms with van der Waals surface area (Å²) in [4.78, 5) is 23.7. The van der Waals surface area contributed by atoms with Gasteiger partial charge in [0.05, 0.1) is 12.2 Å². The normalized spacial score (nSPS) is 16.0. The van der Waals surface area contributed by atoms with Gasteiger partial charge in [-0.15, -0.1) is 35.3 Å². The van der Waals surface area contributed by atoms with Gasteiger partial charge in [0, 0.05) is 42.9 Å². The Kier molecular flexibility index (Phi) is 10.9. The third-order valence-electron chi connectivity index (χ3n) is 5.43. The second kappa shape index (κ2) is 12.1. The van der Waals surface area contributed by atoms with E-state index in [1.165, 1.54) is 0 Å². The third-order valence-corrected chi connectivity index (χ3v) is 6.28. The summed E-state index contributed by atoms with van der Waals surface area (Å²) in [6, 6.07) is 0.346. The topological polar surface area (TPSA) is 69.6 Å². The van der Waals surface area contributed by atoms with Crippen LogP contribution in [0, 0.1) is 5.92 Å². The number of carbonyl (C=O) groups is 1. The van der Waals surface area contributed by atoms with Crippen molar-refractivity contribution in [1.29, 1.82) is 0 Å². The number of piperidine rings is 1. The van der Waals surface area contributed by atoms with Gasteiger partial charge in [0.1, 0.15) is 5.01 Å². The van der Waals surface area contributed by atoms with E-state index in [-0.39, 0.29) is 35.3 Å². The van der Waals surface area contributed by atoms with Crippen LogP contribution >= 0.6 is 35.3 Å². The van der Waals surface area contributed by atoms with Gasteiger partial charge in [0.15, 0.2) is 5.96 Å². The second-order valence-corrected chi connectivity index (χ2v) is 9.50. The van der Waals surface area contributed by atoms with Crippen LogP contribution in [0.4, 0.5) is 0 Å². The summed E-state index contributed by atoms with van der Waals surface area (Å²) in [5, 5.41) is 10.1. The summed E-state index contributed by atoms with van der Waals surface area (Å²) in [5.74, 6) is 1.30. The van der Waals surface area contributed by atoms with Gasteiger partial charge in [0.2, 0.25) is 5.91 Å². The van der Waals surface area contributed by atoms with Crippen molar-refractivity contribution in [2.24, 2.45) is 10.9 Å². The minimum absolute atomic E-state index is 0. The van der Waals surface area contributed by atoms with Crippen LogP contribution in [0.1, 0.15) is 71.0 Å². The molecule has 8 heteroatoms. The zero-order valence-electron chi connectivity index (χ0n) is 18.7. The molecule has 6 nitrogen and oxygen atoms in total. The molecular weight excluding hydrogens is 497 g/mol. The summed E-state index contributed by atoms with van der Waals surface area (Å²) in [6.45, 7) is 13.1. The predicted molar refractivity (Wildman–Crippen MR) is 133 cm³/mol. The van der Waals surface area contributed by atoms with E-state index >= 15 is 0 Å². The number of amides is 1. The van der Waals surface area contributed by atoms with Crippen LogP contribution in [0.5, 0.6) is 0 Å². The van der Waals surface area contributed by atoms with Gasteiger partial charge < -0.3 is 15.5 Å². The number of carbonyl (C=O) groups excluding carboxylic acids is 1. The lowest BCUT2D eigenvalue weighted by Gasteiger charge is -2.34. The Morgan fingerprint density at radius 3 is 2.41 bits per heavy atom. The highest BCUT2D eigenvalue weighted by Gasteiger charge is 2.27. The summed E-state index contributed by atoms with van der Waals surface area (Å²) in [6.07, 6.45) is 3.77. The van der Waals surface area contributed by atoms with Crippen LogP contribution < -0.4 is 10.6 Å². The molecule has 0 bridgehead atoms. The van der Waals surface area contributed by atoms with Crippen LogP contribution in [0.25, 0.3) is 0 Å². The largest absolute Gasteiger partial charge is 0.354 e. The number of aromatic nitrogens is 1. The average Bonchev–Trinajstić information content (AvgIpc) is 3.16. The lowest BCUT2D eigenvalue weighted by Crippen LogP contribution is -2.50. The van der Waals surface area contributed by atoms with Crippen molar-refractivity contribution in [2.45, 2.75) is 78.3 Å². The predicted octanol–water partition coefficient (Wildman–Crippen LogP) is 4.15. The fourth-order valence-electron chi connectivity index (χ4n) is 3.42. The molecule has 1 saturated heterocycles. The van der Waals surface area contributed by atoms with E-state index in [9.17, 15) is 4.79 Å². The number of hydrogen-bond donors (Lipinski definition) is 2. The second-order valence-electron chi connectivity index (χ2n) is 8.56. The number of thiazole rings is 1. The first-order chi connectivity index (χ1) is 13.3. The van der Waals surface area contributed by atoms with Gasteiger partial charge in [-0.1, -0.05) is 34.6 Å². The molecule has 2 N–H and O–H groups in total. The molecule has 1 aliphatic heterocycles. The number of aliphatic imine (C=N–C) groups is 1. The maximum atomic E-state index is 12.5. The molecule has 29 heavy (non-hydrogen) atoms. The van der Waals surface area contributed by atoms with E-state index in [1.54, 1.807) is 18.4 Å². The molecule has 0 saturated carbocycles. The smallest absolute Gasteiger partial charge is 0.225 e. The van der Waals surface area contributed by atoms with Gasteiger partial charge >= 0.3 is 0 Å². The highest BCUT2D eigenvalue weighted by atomic mass is 127. The molecule has 0 spiro atoms. The van der Waals surface area contributed by atoms with Crippen molar-refractivity contribution in [3.63, 3.8) is 0 Å². The van der Waals surface area contributed by atoms with Crippen molar-refractivity contribution < 1.29 is 4.79 Å². The Labute approximate surface area is 197 Å². The molecule has 2 rings (SSSR count). The van der Waals surface area contributed by atoms with E-state index in [1.807, 2.05) is 4.90 Å². The van der Waals surface area contributed by atoms with E-state index < -0.39 is 0 Å². The molecule has 1 aromatic heterocycles. The summed E-state index contributed by atoms with van der Waals surface area (Å²) in [7, 11) is 1.80. The number of rotatable bonds is 6. The Morgan fingerprint density at radius 1 is 1.31 bits per heavy atom. The van der Waals surface area contributed by atoms with Crippen LogP contribution in [0.2, 0.25) is 0 Å². The molecule has 1 aromatic rings. The van der Waals surface area contributed by atoms with E-state index in [0.717, 1.165) is 55.4 Å². The number of guanidine groups is 1. The monoisotopic (exact) mass is 535 g/mol. The first kappa shape index (κ1) is 26.1. The SMILES string of the molecule is CCC(CC)C(=O)N1CCC(NC(=NC)NCc2nc(C(C)(C)C)cs2)CC1.I. The maximum Gasteiger partial charge on any atom is 0.225 e. The quantitative estimate of drug-likeness (QED) is 0.326. The van der Waals surface area contributed by atoms with Gasteiger partial charge in [-0.2, -0.15) is 0 Å². The fourth-order valence-corrected chi connectivity index (χ4v) is 4.38. The molecule has 2 heterocycles. The fraction of sp³-hybridized carbons (Fsp3) is 0.762. The number of nitrogens with one attached hydrogen (secondary N) is 2. The highest BCUT2D eigenvalue weighted by Crippen LogP contribution is 2.23. The highest BCUT2D eigenvalue weighted by molar-refractivity contribution is 14.0. The van der Waals surface area contributed by atoms with Gasteiger partial charge in [0.25, 0.3) is 0 Å². The minimum atomic E-state index is 0. The molecule has 0 radical (unpaired) electrons. The van der Waals surface area contributed by atoms with Crippen molar-refractivity contribution in [1.82, 2.24) is 20.5 Å². The maximum absolute atomic E-state index is 12.5. The van der Waals surface area contributed by atoms with Crippen LogP contribution in [-0.4, -0.2) is 47.9 Å². The summed E-state index contributed by atoms with van der Waals surface area (Å²) >= 11 is 1.68. The summed E-state index contributed by atoms with van der Waals surface area (Å²) < 4.78 is 0. The van der Waals surface area contributed by atoms with Crippen molar-refractivity contribution >= 4 is 47.2 Å². The van der Waals surface area contributed by atoms with Crippen molar-refractivity contribution in [3.05, 3.63) is 16.1 Å². The van der Waals surface area contributed by atoms with E-state index in [0.29, 0.717) is 18.5 Å². The average molecular weight is 536 g/mol. The Hall–Kier alpha value is -0.900. The van der Waals surface area contributed by atoms with Crippen molar-refractivity contribution in [3.8, 4) is 0 Å². The van der Waals surface area contributed by atoms with Gasteiger partial charge in [-0.3, -0.25) is 9.79 Å². The Bertz CT molecular complexity index is 658. The summed E-state index contributed by atoms with van der Waals surface area (Å²) in [5.41, 5.74) is 1.21. The number of nitrogens with zero attached hydrogens (tertiary/aromatic N) is 3.